The van der Waals surface area contributed by atoms with Gasteiger partial charge in [-0.25, -0.2) is 0 Å². The number of likely N-dealkylation sites (N-methyl/N-ethyl adjacent to an activating group) is 1. The molecule has 4 saturated carbocycles. The third-order valence-corrected chi connectivity index (χ3v) is 6.56. The van der Waals surface area contributed by atoms with Crippen LogP contribution in [0.2, 0.25) is 0 Å². The first-order valence-electron chi connectivity index (χ1n) is 8.25. The van der Waals surface area contributed by atoms with Gasteiger partial charge in [-0.1, -0.05) is 0 Å². The summed E-state index contributed by atoms with van der Waals surface area (Å²) >= 11 is 0. The van der Waals surface area contributed by atoms with Crippen molar-refractivity contribution in [2.45, 2.75) is 64.3 Å². The average molecular weight is 265 g/mol. The molecule has 0 aromatic carbocycles. The minimum atomic E-state index is -0.0672. The van der Waals surface area contributed by atoms with Gasteiger partial charge >= 0.3 is 0 Å². The zero-order valence-corrected chi connectivity index (χ0v) is 13.0. The molecule has 4 aliphatic carbocycles. The molecule has 19 heavy (non-hydrogen) atoms. The van der Waals surface area contributed by atoms with Gasteiger partial charge in [0.25, 0.3) is 0 Å². The van der Waals surface area contributed by atoms with Gasteiger partial charge in [0.1, 0.15) is 0 Å². The lowest BCUT2D eigenvalue weighted by Crippen LogP contribution is -2.49. The Balaban J connectivity index is 1.61. The summed E-state index contributed by atoms with van der Waals surface area (Å²) in [6.07, 6.45) is 10.5. The first-order valence-corrected chi connectivity index (χ1v) is 8.25. The van der Waals surface area contributed by atoms with Crippen LogP contribution in [0.4, 0.5) is 0 Å². The summed E-state index contributed by atoms with van der Waals surface area (Å²) < 4.78 is 0. The van der Waals surface area contributed by atoms with Crippen LogP contribution in [-0.2, 0) is 0 Å². The quantitative estimate of drug-likeness (QED) is 0.824. The highest BCUT2D eigenvalue weighted by Crippen LogP contribution is 2.61. The van der Waals surface area contributed by atoms with E-state index in [1.54, 1.807) is 0 Å². The van der Waals surface area contributed by atoms with Crippen LogP contribution in [0.3, 0.4) is 0 Å². The normalized spacial score (nSPS) is 41.2. The Hall–Kier alpha value is -0.0800. The molecule has 110 valence electrons. The largest absolute Gasteiger partial charge is 0.394 e. The topological polar surface area (TPSA) is 23.5 Å². The Morgan fingerprint density at radius 3 is 1.95 bits per heavy atom. The van der Waals surface area contributed by atoms with E-state index in [2.05, 4.69) is 25.8 Å². The molecule has 4 aliphatic rings. The SMILES string of the molecule is CN(CCC12CC3CC(CC(C3)C1)C2)C(C)(C)CO. The molecule has 0 unspecified atom stereocenters. The predicted molar refractivity (Wildman–Crippen MR) is 79.0 cm³/mol. The lowest BCUT2D eigenvalue weighted by molar-refractivity contribution is -0.0646. The van der Waals surface area contributed by atoms with E-state index < -0.39 is 0 Å². The highest BCUT2D eigenvalue weighted by molar-refractivity contribution is 5.01. The van der Waals surface area contributed by atoms with E-state index in [4.69, 9.17) is 0 Å². The summed E-state index contributed by atoms with van der Waals surface area (Å²) in [5.74, 6) is 3.17. The molecular formula is C17H31NO. The Morgan fingerprint density at radius 1 is 1.05 bits per heavy atom. The van der Waals surface area contributed by atoms with Crippen LogP contribution < -0.4 is 0 Å². The molecule has 2 nitrogen and oxygen atoms in total. The van der Waals surface area contributed by atoms with Gasteiger partial charge in [-0.2, -0.15) is 0 Å². The zero-order chi connectivity index (χ0) is 13.7. The summed E-state index contributed by atoms with van der Waals surface area (Å²) in [6, 6.07) is 0. The molecule has 0 aliphatic heterocycles. The van der Waals surface area contributed by atoms with Crippen LogP contribution in [0, 0.1) is 23.2 Å². The van der Waals surface area contributed by atoms with E-state index in [0.717, 1.165) is 24.3 Å². The van der Waals surface area contributed by atoms with Crippen LogP contribution >= 0.6 is 0 Å². The zero-order valence-electron chi connectivity index (χ0n) is 13.0. The number of hydrogen-bond acceptors (Lipinski definition) is 2. The fraction of sp³-hybridized carbons (Fsp3) is 1.00. The molecule has 2 heteroatoms. The van der Waals surface area contributed by atoms with Crippen molar-refractivity contribution in [3.05, 3.63) is 0 Å². The van der Waals surface area contributed by atoms with E-state index in [1.165, 1.54) is 44.9 Å². The maximum Gasteiger partial charge on any atom is 0.0609 e. The van der Waals surface area contributed by atoms with Gasteiger partial charge in [-0.3, -0.25) is 4.90 Å². The van der Waals surface area contributed by atoms with Crippen molar-refractivity contribution < 1.29 is 5.11 Å². The third kappa shape index (κ3) is 2.58. The minimum Gasteiger partial charge on any atom is -0.394 e. The van der Waals surface area contributed by atoms with E-state index >= 15 is 0 Å². The Bertz CT molecular complexity index is 301. The Morgan fingerprint density at radius 2 is 1.53 bits per heavy atom. The van der Waals surface area contributed by atoms with Crippen molar-refractivity contribution in [1.29, 1.82) is 0 Å². The van der Waals surface area contributed by atoms with E-state index in [1.807, 2.05) is 0 Å². The number of nitrogens with zero attached hydrogens (tertiary/aromatic N) is 1. The average Bonchev–Trinajstić information content (AvgIpc) is 2.34. The molecule has 4 rings (SSSR count). The number of rotatable bonds is 5. The summed E-state index contributed by atoms with van der Waals surface area (Å²) in [5, 5.41) is 9.48. The highest BCUT2D eigenvalue weighted by atomic mass is 16.3. The summed E-state index contributed by atoms with van der Waals surface area (Å²) in [7, 11) is 2.18. The van der Waals surface area contributed by atoms with Crippen LogP contribution in [0.5, 0.6) is 0 Å². The van der Waals surface area contributed by atoms with Gasteiger partial charge in [0.05, 0.1) is 6.61 Å². The van der Waals surface area contributed by atoms with E-state index in [-0.39, 0.29) is 12.1 Å². The molecule has 0 atom stereocenters. The van der Waals surface area contributed by atoms with Crippen LogP contribution in [0.1, 0.15) is 58.8 Å². The number of aliphatic hydroxyl groups excluding tert-OH is 1. The van der Waals surface area contributed by atoms with Crippen molar-refractivity contribution >= 4 is 0 Å². The third-order valence-electron chi connectivity index (χ3n) is 6.56. The van der Waals surface area contributed by atoms with Crippen LogP contribution in [-0.4, -0.2) is 35.7 Å². The van der Waals surface area contributed by atoms with E-state index in [0.29, 0.717) is 5.41 Å². The predicted octanol–water partition coefficient (Wildman–Crippen LogP) is 3.30. The second-order valence-corrected chi connectivity index (χ2v) is 8.56. The fourth-order valence-corrected chi connectivity index (χ4v) is 5.42. The second-order valence-electron chi connectivity index (χ2n) is 8.56. The molecule has 4 bridgehead atoms. The van der Waals surface area contributed by atoms with Crippen LogP contribution in [0.15, 0.2) is 0 Å². The van der Waals surface area contributed by atoms with Crippen molar-refractivity contribution in [1.82, 2.24) is 4.90 Å². The molecular weight excluding hydrogens is 234 g/mol. The summed E-state index contributed by atoms with van der Waals surface area (Å²) in [4.78, 5) is 2.37. The van der Waals surface area contributed by atoms with Gasteiger partial charge in [0.2, 0.25) is 0 Å². The first kappa shape index (κ1) is 13.9. The smallest absolute Gasteiger partial charge is 0.0609 e. The number of aliphatic hydroxyl groups is 1. The van der Waals surface area contributed by atoms with Gasteiger partial charge < -0.3 is 5.11 Å². The van der Waals surface area contributed by atoms with Crippen molar-refractivity contribution in [2.75, 3.05) is 20.2 Å². The molecule has 0 amide bonds. The minimum absolute atomic E-state index is 0.0672. The molecule has 0 aromatic rings. The monoisotopic (exact) mass is 265 g/mol. The van der Waals surface area contributed by atoms with Crippen molar-refractivity contribution in [3.8, 4) is 0 Å². The van der Waals surface area contributed by atoms with Gasteiger partial charge in [0, 0.05) is 5.54 Å². The Kier molecular flexibility index (Phi) is 3.46. The van der Waals surface area contributed by atoms with Gasteiger partial charge in [0.15, 0.2) is 0 Å². The highest BCUT2D eigenvalue weighted by Gasteiger charge is 2.50. The van der Waals surface area contributed by atoms with Crippen molar-refractivity contribution in [3.63, 3.8) is 0 Å². The lowest BCUT2D eigenvalue weighted by Gasteiger charge is -2.57. The maximum atomic E-state index is 9.48. The first-order chi connectivity index (χ1) is 8.92. The molecule has 0 radical (unpaired) electrons. The van der Waals surface area contributed by atoms with E-state index in [9.17, 15) is 5.11 Å². The molecule has 0 saturated heterocycles. The molecule has 0 spiro atoms. The molecule has 1 N–H and O–H groups in total. The molecule has 0 heterocycles. The Labute approximate surface area is 118 Å². The van der Waals surface area contributed by atoms with Gasteiger partial charge in [-0.15, -0.1) is 0 Å². The maximum absolute atomic E-state index is 9.48. The standard InChI is InChI=1S/C17H31NO/c1-16(2,12-19)18(3)5-4-17-9-13-6-14(10-17)8-15(7-13)11-17/h13-15,19H,4-12H2,1-3H3. The second kappa shape index (κ2) is 4.73. The van der Waals surface area contributed by atoms with Gasteiger partial charge in [-0.05, 0) is 95.6 Å². The van der Waals surface area contributed by atoms with Crippen molar-refractivity contribution in [2.24, 2.45) is 23.2 Å². The van der Waals surface area contributed by atoms with Crippen LogP contribution in [0.25, 0.3) is 0 Å². The summed E-state index contributed by atoms with van der Waals surface area (Å²) in [5.41, 5.74) is 0.608. The fourth-order valence-electron chi connectivity index (χ4n) is 5.42. The number of hydrogen-bond donors (Lipinski definition) is 1. The molecule has 4 fully saturated rings. The lowest BCUT2D eigenvalue weighted by atomic mass is 9.49. The molecule has 0 aromatic heterocycles. The summed E-state index contributed by atoms with van der Waals surface area (Å²) in [6.45, 7) is 5.70.